The summed E-state index contributed by atoms with van der Waals surface area (Å²) in [6.07, 6.45) is 1.03. The molecule has 1 aromatic carbocycles. The molecule has 0 aliphatic rings. The zero-order chi connectivity index (χ0) is 15.7. The quantitative estimate of drug-likeness (QED) is 0.723. The molecule has 114 valence electrons. The van der Waals surface area contributed by atoms with Crippen molar-refractivity contribution in [2.75, 3.05) is 19.7 Å². The topological polar surface area (TPSA) is 74.2 Å². The van der Waals surface area contributed by atoms with Crippen LogP contribution >= 0.6 is 11.6 Å². The molecule has 6 heteroatoms. The van der Waals surface area contributed by atoms with Crippen LogP contribution in [0.4, 0.5) is 0 Å². The van der Waals surface area contributed by atoms with Gasteiger partial charge in [0.1, 0.15) is 12.3 Å². The molecule has 0 radical (unpaired) electrons. The van der Waals surface area contributed by atoms with Crippen LogP contribution in [-0.2, 0) is 4.79 Å². The lowest BCUT2D eigenvalue weighted by molar-refractivity contribution is -0.122. The lowest BCUT2D eigenvalue weighted by atomic mass is 10.1. The molecule has 1 aromatic rings. The van der Waals surface area contributed by atoms with E-state index in [1.165, 1.54) is 0 Å². The number of rotatable bonds is 8. The van der Waals surface area contributed by atoms with E-state index in [9.17, 15) is 4.79 Å². The number of carbonyl (C=O) groups excluding carboxylic acids is 1. The Balaban J connectivity index is 2.72. The lowest BCUT2D eigenvalue weighted by Crippen LogP contribution is -2.29. The molecule has 1 rings (SSSR count). The van der Waals surface area contributed by atoms with Crippen LogP contribution in [0.3, 0.4) is 0 Å². The summed E-state index contributed by atoms with van der Waals surface area (Å²) in [6.45, 7) is 4.84. The van der Waals surface area contributed by atoms with Crippen LogP contribution in [0, 0.1) is 11.3 Å². The fraction of sp³-hybridized carbons (Fsp3) is 0.467. The Morgan fingerprint density at radius 3 is 2.95 bits per heavy atom. The molecule has 0 spiro atoms. The van der Waals surface area contributed by atoms with Gasteiger partial charge in [0.25, 0.3) is 5.91 Å². The van der Waals surface area contributed by atoms with Crippen molar-refractivity contribution < 1.29 is 9.53 Å². The van der Waals surface area contributed by atoms with Crippen molar-refractivity contribution in [3.8, 4) is 11.8 Å². The van der Waals surface area contributed by atoms with Gasteiger partial charge in [-0.1, -0.05) is 18.5 Å². The molecular formula is C15H20ClN3O2. The highest BCUT2D eigenvalue weighted by Crippen LogP contribution is 2.28. The molecule has 1 amide bonds. The summed E-state index contributed by atoms with van der Waals surface area (Å²) in [5.41, 5.74) is 0.907. The number of nitrogens with zero attached hydrogens (tertiary/aromatic N) is 1. The van der Waals surface area contributed by atoms with Crippen LogP contribution in [-0.4, -0.2) is 25.6 Å². The molecule has 21 heavy (non-hydrogen) atoms. The van der Waals surface area contributed by atoms with Gasteiger partial charge >= 0.3 is 0 Å². The lowest BCUT2D eigenvalue weighted by Gasteiger charge is -2.18. The number of halogens is 1. The van der Waals surface area contributed by atoms with Gasteiger partial charge < -0.3 is 15.4 Å². The fourth-order valence-corrected chi connectivity index (χ4v) is 1.97. The van der Waals surface area contributed by atoms with Crippen LogP contribution in [0.2, 0.25) is 5.02 Å². The SMILES string of the molecule is CCCNC(C)c1cc(Cl)ccc1OCC(=O)NCC#N. The van der Waals surface area contributed by atoms with Crippen molar-refractivity contribution in [1.29, 1.82) is 5.26 Å². The first-order valence-corrected chi connectivity index (χ1v) is 7.25. The van der Waals surface area contributed by atoms with Crippen LogP contribution in [0.15, 0.2) is 18.2 Å². The van der Waals surface area contributed by atoms with E-state index in [4.69, 9.17) is 21.6 Å². The number of nitrogens with one attached hydrogen (secondary N) is 2. The number of nitriles is 1. The third-order valence-corrected chi connectivity index (χ3v) is 3.10. The number of carbonyl (C=O) groups is 1. The molecular weight excluding hydrogens is 290 g/mol. The molecule has 0 aromatic heterocycles. The standard InChI is InChI=1S/C15H20ClN3O2/c1-3-7-18-11(2)13-9-12(16)4-5-14(13)21-10-15(20)19-8-6-17/h4-5,9,11,18H,3,7-8,10H2,1-2H3,(H,19,20). The first-order chi connectivity index (χ1) is 10.1. The predicted molar refractivity (Wildman–Crippen MR) is 82.3 cm³/mol. The molecule has 0 aliphatic heterocycles. The third-order valence-electron chi connectivity index (χ3n) is 2.86. The molecule has 2 N–H and O–H groups in total. The van der Waals surface area contributed by atoms with Gasteiger partial charge in [-0.05, 0) is 38.1 Å². The number of hydrogen-bond donors (Lipinski definition) is 2. The summed E-state index contributed by atoms with van der Waals surface area (Å²) in [7, 11) is 0. The van der Waals surface area contributed by atoms with E-state index in [2.05, 4.69) is 17.6 Å². The highest BCUT2D eigenvalue weighted by molar-refractivity contribution is 6.30. The van der Waals surface area contributed by atoms with Crippen molar-refractivity contribution in [2.45, 2.75) is 26.3 Å². The number of benzene rings is 1. The average Bonchev–Trinajstić information content (AvgIpc) is 2.49. The highest BCUT2D eigenvalue weighted by atomic mass is 35.5. The Morgan fingerprint density at radius 1 is 1.52 bits per heavy atom. The van der Waals surface area contributed by atoms with Gasteiger partial charge in [-0.2, -0.15) is 5.26 Å². The van der Waals surface area contributed by atoms with Crippen LogP contribution in [0.5, 0.6) is 5.75 Å². The second kappa shape index (κ2) is 9.22. The summed E-state index contributed by atoms with van der Waals surface area (Å²) >= 11 is 6.03. The Kier molecular flexibility index (Phi) is 7.59. The molecule has 0 heterocycles. The van der Waals surface area contributed by atoms with Crippen molar-refractivity contribution in [3.05, 3.63) is 28.8 Å². The first-order valence-electron chi connectivity index (χ1n) is 6.87. The second-order valence-corrected chi connectivity index (χ2v) is 5.02. The maximum atomic E-state index is 11.5. The van der Waals surface area contributed by atoms with E-state index in [0.29, 0.717) is 10.8 Å². The van der Waals surface area contributed by atoms with Gasteiger partial charge in [0, 0.05) is 16.6 Å². The normalized spacial score (nSPS) is 11.5. The highest BCUT2D eigenvalue weighted by Gasteiger charge is 2.13. The Labute approximate surface area is 130 Å². The number of amides is 1. The Hall–Kier alpha value is -1.77. The van der Waals surface area contributed by atoms with Crippen molar-refractivity contribution in [3.63, 3.8) is 0 Å². The Bertz CT molecular complexity index is 514. The van der Waals surface area contributed by atoms with Gasteiger partial charge in [0.05, 0.1) is 6.07 Å². The van der Waals surface area contributed by atoms with Crippen molar-refractivity contribution in [2.24, 2.45) is 0 Å². The molecule has 0 saturated carbocycles. The zero-order valence-corrected chi connectivity index (χ0v) is 13.0. The monoisotopic (exact) mass is 309 g/mol. The van der Waals surface area contributed by atoms with Gasteiger partial charge in [-0.15, -0.1) is 0 Å². The molecule has 0 bridgehead atoms. The Morgan fingerprint density at radius 2 is 2.29 bits per heavy atom. The van der Waals surface area contributed by atoms with Crippen LogP contribution in [0.25, 0.3) is 0 Å². The van der Waals surface area contributed by atoms with E-state index >= 15 is 0 Å². The number of hydrogen-bond acceptors (Lipinski definition) is 4. The maximum Gasteiger partial charge on any atom is 0.258 e. The van der Waals surface area contributed by atoms with E-state index < -0.39 is 0 Å². The maximum absolute atomic E-state index is 11.5. The molecule has 0 aliphatic carbocycles. The molecule has 1 unspecified atom stereocenters. The summed E-state index contributed by atoms with van der Waals surface area (Å²) < 4.78 is 5.53. The second-order valence-electron chi connectivity index (χ2n) is 4.58. The average molecular weight is 310 g/mol. The van der Waals surface area contributed by atoms with Gasteiger partial charge in [0.2, 0.25) is 0 Å². The van der Waals surface area contributed by atoms with Crippen LogP contribution in [0.1, 0.15) is 31.9 Å². The first kappa shape index (κ1) is 17.3. The van der Waals surface area contributed by atoms with E-state index in [0.717, 1.165) is 18.5 Å². The summed E-state index contributed by atoms with van der Waals surface area (Å²) in [6, 6.07) is 7.21. The largest absolute Gasteiger partial charge is 0.483 e. The van der Waals surface area contributed by atoms with Gasteiger partial charge in [-0.25, -0.2) is 0 Å². The van der Waals surface area contributed by atoms with E-state index in [1.54, 1.807) is 12.1 Å². The molecule has 0 saturated heterocycles. The van der Waals surface area contributed by atoms with Crippen molar-refractivity contribution >= 4 is 17.5 Å². The smallest absolute Gasteiger partial charge is 0.258 e. The summed E-state index contributed by atoms with van der Waals surface area (Å²) in [4.78, 5) is 11.5. The predicted octanol–water partition coefficient (Wildman–Crippen LogP) is 2.42. The van der Waals surface area contributed by atoms with Gasteiger partial charge in [0.15, 0.2) is 6.61 Å². The zero-order valence-electron chi connectivity index (χ0n) is 12.3. The third kappa shape index (κ3) is 6.03. The minimum Gasteiger partial charge on any atom is -0.483 e. The molecule has 5 nitrogen and oxygen atoms in total. The molecule has 1 atom stereocenters. The van der Waals surface area contributed by atoms with Crippen molar-refractivity contribution in [1.82, 2.24) is 10.6 Å². The summed E-state index contributed by atoms with van der Waals surface area (Å²) in [5, 5.41) is 14.8. The number of ether oxygens (including phenoxy) is 1. The minimum atomic E-state index is -0.327. The van der Waals surface area contributed by atoms with Crippen LogP contribution < -0.4 is 15.4 Å². The molecule has 0 fully saturated rings. The van der Waals surface area contributed by atoms with E-state index in [1.807, 2.05) is 19.1 Å². The van der Waals surface area contributed by atoms with Gasteiger partial charge in [-0.3, -0.25) is 4.79 Å². The minimum absolute atomic E-state index is 0.0237. The fourth-order valence-electron chi connectivity index (χ4n) is 1.79. The van der Waals surface area contributed by atoms with E-state index in [-0.39, 0.29) is 25.1 Å². The summed E-state index contributed by atoms with van der Waals surface area (Å²) in [5.74, 6) is 0.286.